The van der Waals surface area contributed by atoms with E-state index in [2.05, 4.69) is 46.2 Å². The molecule has 0 spiro atoms. The zero-order valence-corrected chi connectivity index (χ0v) is 19.0. The van der Waals surface area contributed by atoms with Gasteiger partial charge in [0.25, 0.3) is 0 Å². The topological polar surface area (TPSA) is 50.5 Å². The van der Waals surface area contributed by atoms with Crippen LogP contribution in [0.5, 0.6) is 0 Å². The van der Waals surface area contributed by atoms with Gasteiger partial charge in [0.05, 0.1) is 11.6 Å². The molecule has 1 aliphatic rings. The number of nitrogens with zero attached hydrogens (tertiary/aromatic N) is 4. The number of hydrogen-bond acceptors (Lipinski definition) is 4. The Morgan fingerprint density at radius 2 is 1.78 bits per heavy atom. The quantitative estimate of drug-likeness (QED) is 0.638. The van der Waals surface area contributed by atoms with Gasteiger partial charge in [-0.2, -0.15) is 4.31 Å². The Morgan fingerprint density at radius 3 is 2.33 bits per heavy atom. The van der Waals surface area contributed by atoms with Crippen LogP contribution in [-0.2, 0) is 22.2 Å². The fraction of sp³-hybridized carbons (Fsp3) is 0.500. The van der Waals surface area contributed by atoms with Crippen LogP contribution in [-0.4, -0.2) is 52.9 Å². The predicted octanol–water partition coefficient (Wildman–Crippen LogP) is 3.50. The Bertz CT molecular complexity index is 968. The lowest BCUT2D eigenvalue weighted by Gasteiger charge is -2.34. The molecule has 3 rings (SSSR count). The number of piperazine rings is 1. The summed E-state index contributed by atoms with van der Waals surface area (Å²) in [5.41, 5.74) is -0.0565. The molecule has 1 fully saturated rings. The van der Waals surface area contributed by atoms with Crippen LogP contribution in [0.2, 0.25) is 0 Å². The second kappa shape index (κ2) is 7.79. The van der Waals surface area contributed by atoms with Crippen molar-refractivity contribution in [1.82, 2.24) is 18.3 Å². The summed E-state index contributed by atoms with van der Waals surface area (Å²) in [5.74, 6) is 0. The molecule has 0 amide bonds. The maximum Gasteiger partial charge on any atom is 0.243 e. The summed E-state index contributed by atoms with van der Waals surface area (Å²) in [6.07, 6.45) is 4.01. The van der Waals surface area contributed by atoms with Crippen molar-refractivity contribution in [2.24, 2.45) is 0 Å². The minimum absolute atomic E-state index is 0.0565. The average Bonchev–Trinajstić information content (AvgIpc) is 2.96. The second-order valence-corrected chi connectivity index (χ2v) is 10.9. The van der Waals surface area contributed by atoms with Gasteiger partial charge in [-0.1, -0.05) is 22.0 Å². The number of imidazole rings is 1. The molecule has 2 heterocycles. The van der Waals surface area contributed by atoms with Crippen molar-refractivity contribution in [1.29, 1.82) is 0 Å². The van der Waals surface area contributed by atoms with Gasteiger partial charge in [0, 0.05) is 48.6 Å². The monoisotopic (exact) mass is 472 g/mol. The molecule has 6 nitrogen and oxygen atoms in total. The third-order valence-corrected chi connectivity index (χ3v) is 7.51. The van der Waals surface area contributed by atoms with Crippen LogP contribution >= 0.6 is 28.1 Å². The molecule has 0 N–H and O–H groups in total. The van der Waals surface area contributed by atoms with Crippen LogP contribution in [0.3, 0.4) is 0 Å². The van der Waals surface area contributed by atoms with Gasteiger partial charge in [-0.15, -0.1) is 0 Å². The van der Waals surface area contributed by atoms with E-state index in [4.69, 9.17) is 12.2 Å². The van der Waals surface area contributed by atoms with E-state index in [1.807, 2.05) is 23.0 Å². The summed E-state index contributed by atoms with van der Waals surface area (Å²) in [6, 6.07) is 6.86. The zero-order chi connectivity index (χ0) is 19.8. The third kappa shape index (κ3) is 4.54. The van der Waals surface area contributed by atoms with Crippen molar-refractivity contribution in [3.8, 4) is 0 Å². The van der Waals surface area contributed by atoms with E-state index in [1.165, 1.54) is 0 Å². The smallest absolute Gasteiger partial charge is 0.243 e. The number of aromatic nitrogens is 2. The van der Waals surface area contributed by atoms with Gasteiger partial charge < -0.3 is 9.13 Å². The highest BCUT2D eigenvalue weighted by Crippen LogP contribution is 2.21. The number of rotatable bonds is 4. The average molecular weight is 473 g/mol. The fourth-order valence-corrected chi connectivity index (χ4v) is 5.61. The first-order valence-electron chi connectivity index (χ1n) is 8.85. The first kappa shape index (κ1) is 20.7. The maximum absolute atomic E-state index is 12.8. The minimum Gasteiger partial charge on any atom is -0.318 e. The molecular weight excluding hydrogens is 448 g/mol. The summed E-state index contributed by atoms with van der Waals surface area (Å²) >= 11 is 8.93. The van der Waals surface area contributed by atoms with E-state index in [0.717, 1.165) is 9.24 Å². The van der Waals surface area contributed by atoms with Gasteiger partial charge >= 0.3 is 0 Å². The van der Waals surface area contributed by atoms with Gasteiger partial charge in [-0.25, -0.2) is 8.42 Å². The first-order chi connectivity index (χ1) is 12.6. The normalized spacial score (nSPS) is 17.3. The largest absolute Gasteiger partial charge is 0.318 e. The Morgan fingerprint density at radius 1 is 1.11 bits per heavy atom. The van der Waals surface area contributed by atoms with Crippen molar-refractivity contribution in [3.05, 3.63) is 45.9 Å². The van der Waals surface area contributed by atoms with Gasteiger partial charge in [-0.3, -0.25) is 4.90 Å². The number of benzene rings is 1. The van der Waals surface area contributed by atoms with Crippen LogP contribution in [0.4, 0.5) is 0 Å². The van der Waals surface area contributed by atoms with E-state index < -0.39 is 10.0 Å². The van der Waals surface area contributed by atoms with Gasteiger partial charge in [0.15, 0.2) is 4.77 Å². The van der Waals surface area contributed by atoms with Crippen LogP contribution in [0.1, 0.15) is 20.8 Å². The Labute approximate surface area is 174 Å². The minimum atomic E-state index is -3.46. The lowest BCUT2D eigenvalue weighted by atomic mass is 10.1. The van der Waals surface area contributed by atoms with E-state index in [-0.39, 0.29) is 5.54 Å². The van der Waals surface area contributed by atoms with Crippen LogP contribution in [0.15, 0.2) is 46.0 Å². The van der Waals surface area contributed by atoms with Crippen molar-refractivity contribution < 1.29 is 8.42 Å². The van der Waals surface area contributed by atoms with Crippen molar-refractivity contribution in [2.75, 3.05) is 26.2 Å². The summed E-state index contributed by atoms with van der Waals surface area (Å²) in [4.78, 5) is 2.56. The molecule has 0 bridgehead atoms. The molecule has 1 saturated heterocycles. The van der Waals surface area contributed by atoms with Gasteiger partial charge in [0.2, 0.25) is 10.0 Å². The molecule has 27 heavy (non-hydrogen) atoms. The molecular formula is C18H25BrN4O2S2. The highest BCUT2D eigenvalue weighted by atomic mass is 79.9. The molecule has 148 valence electrons. The summed E-state index contributed by atoms with van der Waals surface area (Å²) in [6.45, 7) is 9.35. The van der Waals surface area contributed by atoms with Gasteiger partial charge in [-0.05, 0) is 51.2 Å². The summed E-state index contributed by atoms with van der Waals surface area (Å²) in [5, 5.41) is 0. The molecule has 0 radical (unpaired) electrons. The first-order valence-corrected chi connectivity index (χ1v) is 11.5. The summed E-state index contributed by atoms with van der Waals surface area (Å²) < 4.78 is 32.9. The van der Waals surface area contributed by atoms with Crippen molar-refractivity contribution in [2.45, 2.75) is 37.9 Å². The second-order valence-electron chi connectivity index (χ2n) is 7.71. The highest BCUT2D eigenvalue weighted by Gasteiger charge is 2.28. The van der Waals surface area contributed by atoms with Crippen molar-refractivity contribution in [3.63, 3.8) is 0 Å². The molecule has 0 saturated carbocycles. The van der Waals surface area contributed by atoms with Crippen LogP contribution in [0.25, 0.3) is 0 Å². The highest BCUT2D eigenvalue weighted by molar-refractivity contribution is 9.10. The maximum atomic E-state index is 12.8. The molecule has 0 unspecified atom stereocenters. The number of hydrogen-bond donors (Lipinski definition) is 0. The van der Waals surface area contributed by atoms with Crippen molar-refractivity contribution >= 4 is 38.2 Å². The Balaban J connectivity index is 1.66. The molecule has 2 aromatic rings. The zero-order valence-electron chi connectivity index (χ0n) is 15.8. The number of sulfonamides is 1. The van der Waals surface area contributed by atoms with E-state index in [9.17, 15) is 8.42 Å². The van der Waals surface area contributed by atoms with E-state index in [0.29, 0.717) is 37.7 Å². The standard InChI is InChI=1S/C18H25BrN4O2S2/c1-18(2,3)23-12-9-21(17(23)26)14-20-7-10-22(11-8-20)27(24,25)16-6-4-5-15(19)13-16/h4-6,9,12-13H,7-8,10-11,14H2,1-3H3. The fourth-order valence-electron chi connectivity index (χ4n) is 3.13. The Kier molecular flexibility index (Phi) is 5.98. The third-order valence-electron chi connectivity index (χ3n) is 4.69. The van der Waals surface area contributed by atoms with E-state index in [1.54, 1.807) is 22.5 Å². The van der Waals surface area contributed by atoms with Crippen LogP contribution in [0, 0.1) is 4.77 Å². The van der Waals surface area contributed by atoms with Crippen LogP contribution < -0.4 is 0 Å². The van der Waals surface area contributed by atoms with E-state index >= 15 is 0 Å². The van der Waals surface area contributed by atoms with Gasteiger partial charge in [0.1, 0.15) is 0 Å². The number of halogens is 1. The summed E-state index contributed by atoms with van der Waals surface area (Å²) in [7, 11) is -3.46. The molecule has 0 atom stereocenters. The Hall–Kier alpha value is -1.000. The molecule has 0 aliphatic carbocycles. The lowest BCUT2D eigenvalue weighted by molar-refractivity contribution is 0.150. The molecule has 1 aromatic carbocycles. The molecule has 1 aromatic heterocycles. The molecule has 1 aliphatic heterocycles. The molecule has 9 heteroatoms. The lowest BCUT2D eigenvalue weighted by Crippen LogP contribution is -2.48. The SMILES string of the molecule is CC(C)(C)n1ccn(CN2CCN(S(=O)(=O)c3cccc(Br)c3)CC2)c1=S. The predicted molar refractivity (Wildman–Crippen MR) is 113 cm³/mol.